The predicted molar refractivity (Wildman–Crippen MR) is 54.1 cm³/mol. The molecule has 0 bridgehead atoms. The number of hydrogen-bond donors (Lipinski definition) is 1. The van der Waals surface area contributed by atoms with E-state index in [-0.39, 0.29) is 0 Å². The minimum Gasteiger partial charge on any atom is -0.317 e. The monoisotopic (exact) mass is 230 g/mol. The van der Waals surface area contributed by atoms with Crippen molar-refractivity contribution in [1.82, 2.24) is 10.3 Å². The van der Waals surface area contributed by atoms with E-state index < -0.39 is 11.9 Å². The van der Waals surface area contributed by atoms with Gasteiger partial charge in [0, 0.05) is 6.20 Å². The van der Waals surface area contributed by atoms with Gasteiger partial charge in [0.15, 0.2) is 0 Å². The van der Waals surface area contributed by atoms with Gasteiger partial charge in [0.05, 0.1) is 0 Å². The van der Waals surface area contributed by atoms with Crippen LogP contribution in [0.15, 0.2) is 18.3 Å². The molecule has 2 heterocycles. The molecule has 0 radical (unpaired) electrons. The molecule has 1 saturated heterocycles. The Hall–Kier alpha value is -1.10. The summed E-state index contributed by atoms with van der Waals surface area (Å²) in [4.78, 5) is 3.48. The molecule has 0 spiro atoms. The summed E-state index contributed by atoms with van der Waals surface area (Å²) in [5.74, 6) is 0.344. The lowest BCUT2D eigenvalue weighted by Gasteiger charge is -2.22. The van der Waals surface area contributed by atoms with Crippen LogP contribution in [0.4, 0.5) is 13.2 Å². The summed E-state index contributed by atoms with van der Waals surface area (Å²) in [6, 6.07) is 2.61. The highest BCUT2D eigenvalue weighted by atomic mass is 19.4. The van der Waals surface area contributed by atoms with Gasteiger partial charge in [-0.25, -0.2) is 0 Å². The fraction of sp³-hybridized carbons (Fsp3) is 0.545. The van der Waals surface area contributed by atoms with Crippen molar-refractivity contribution in [2.45, 2.75) is 24.9 Å². The number of nitrogens with one attached hydrogen (secondary N) is 1. The SMILES string of the molecule is FC(F)(F)c1ccc(C2CCNCC2)cn1. The molecule has 1 aliphatic heterocycles. The minimum atomic E-state index is -4.34. The highest BCUT2D eigenvalue weighted by Crippen LogP contribution is 2.30. The van der Waals surface area contributed by atoms with Crippen LogP contribution in [-0.2, 0) is 6.18 Å². The van der Waals surface area contributed by atoms with E-state index in [0.29, 0.717) is 5.92 Å². The summed E-state index contributed by atoms with van der Waals surface area (Å²) in [5, 5.41) is 3.22. The maximum Gasteiger partial charge on any atom is 0.433 e. The first kappa shape index (κ1) is 11.4. The smallest absolute Gasteiger partial charge is 0.317 e. The Morgan fingerprint density at radius 1 is 1.19 bits per heavy atom. The topological polar surface area (TPSA) is 24.9 Å². The fourth-order valence-electron chi connectivity index (χ4n) is 1.97. The zero-order valence-corrected chi connectivity index (χ0v) is 8.72. The molecule has 0 atom stereocenters. The molecule has 16 heavy (non-hydrogen) atoms. The number of rotatable bonds is 1. The number of aromatic nitrogens is 1. The lowest BCUT2D eigenvalue weighted by Crippen LogP contribution is -2.26. The Morgan fingerprint density at radius 2 is 1.88 bits per heavy atom. The van der Waals surface area contributed by atoms with Crippen LogP contribution >= 0.6 is 0 Å². The molecule has 5 heteroatoms. The minimum absolute atomic E-state index is 0.344. The van der Waals surface area contributed by atoms with Gasteiger partial charge >= 0.3 is 6.18 Å². The number of pyridine rings is 1. The van der Waals surface area contributed by atoms with Gasteiger partial charge in [-0.05, 0) is 43.5 Å². The summed E-state index contributed by atoms with van der Waals surface area (Å²) in [5.41, 5.74) is 0.0969. The van der Waals surface area contributed by atoms with E-state index in [1.54, 1.807) is 6.07 Å². The predicted octanol–water partition coefficient (Wildman–Crippen LogP) is 2.57. The third kappa shape index (κ3) is 2.52. The van der Waals surface area contributed by atoms with Gasteiger partial charge in [-0.3, -0.25) is 4.98 Å². The normalized spacial score (nSPS) is 18.7. The van der Waals surface area contributed by atoms with Gasteiger partial charge in [-0.1, -0.05) is 6.07 Å². The molecule has 2 nitrogen and oxygen atoms in total. The van der Waals surface area contributed by atoms with Crippen molar-refractivity contribution in [3.8, 4) is 0 Å². The third-order valence-corrected chi connectivity index (χ3v) is 2.89. The van der Waals surface area contributed by atoms with Crippen molar-refractivity contribution in [3.05, 3.63) is 29.6 Å². The molecule has 0 aromatic carbocycles. The van der Waals surface area contributed by atoms with Crippen molar-refractivity contribution in [2.24, 2.45) is 0 Å². The fourth-order valence-corrected chi connectivity index (χ4v) is 1.97. The molecule has 1 aliphatic rings. The van der Waals surface area contributed by atoms with Gasteiger partial charge in [-0.2, -0.15) is 13.2 Å². The van der Waals surface area contributed by atoms with Crippen LogP contribution in [-0.4, -0.2) is 18.1 Å². The number of piperidine rings is 1. The first-order valence-electron chi connectivity index (χ1n) is 5.31. The molecule has 0 aliphatic carbocycles. The molecule has 2 rings (SSSR count). The molecule has 1 fully saturated rings. The number of halogens is 3. The van der Waals surface area contributed by atoms with E-state index in [2.05, 4.69) is 10.3 Å². The molecule has 1 N–H and O–H groups in total. The molecule has 0 unspecified atom stereocenters. The number of nitrogens with zero attached hydrogens (tertiary/aromatic N) is 1. The van der Waals surface area contributed by atoms with E-state index in [9.17, 15) is 13.2 Å². The van der Waals surface area contributed by atoms with Crippen LogP contribution in [0.25, 0.3) is 0 Å². The molecule has 1 aromatic rings. The average Bonchev–Trinajstić information content (AvgIpc) is 2.29. The quantitative estimate of drug-likeness (QED) is 0.802. The average molecular weight is 230 g/mol. The Bertz CT molecular complexity index is 339. The van der Waals surface area contributed by atoms with Gasteiger partial charge < -0.3 is 5.32 Å². The van der Waals surface area contributed by atoms with Crippen molar-refractivity contribution in [2.75, 3.05) is 13.1 Å². The Balaban J connectivity index is 2.12. The van der Waals surface area contributed by atoms with Crippen LogP contribution in [0.5, 0.6) is 0 Å². The largest absolute Gasteiger partial charge is 0.433 e. The zero-order chi connectivity index (χ0) is 11.6. The maximum absolute atomic E-state index is 12.3. The van der Waals surface area contributed by atoms with E-state index >= 15 is 0 Å². The molecular weight excluding hydrogens is 217 g/mol. The summed E-state index contributed by atoms with van der Waals surface area (Å²) in [6.45, 7) is 1.84. The van der Waals surface area contributed by atoms with Crippen molar-refractivity contribution < 1.29 is 13.2 Å². The van der Waals surface area contributed by atoms with E-state index in [4.69, 9.17) is 0 Å². The highest BCUT2D eigenvalue weighted by Gasteiger charge is 2.32. The first-order valence-corrected chi connectivity index (χ1v) is 5.31. The van der Waals surface area contributed by atoms with E-state index in [1.807, 2.05) is 0 Å². The van der Waals surface area contributed by atoms with Crippen molar-refractivity contribution >= 4 is 0 Å². The second-order valence-corrected chi connectivity index (χ2v) is 4.00. The Morgan fingerprint density at radius 3 is 2.38 bits per heavy atom. The van der Waals surface area contributed by atoms with E-state index in [1.165, 1.54) is 6.20 Å². The van der Waals surface area contributed by atoms with Crippen LogP contribution in [0.1, 0.15) is 30.0 Å². The summed E-state index contributed by atoms with van der Waals surface area (Å²) < 4.78 is 36.9. The summed E-state index contributed by atoms with van der Waals surface area (Å²) in [7, 11) is 0. The summed E-state index contributed by atoms with van der Waals surface area (Å²) in [6.07, 6.45) is -1.05. The first-order chi connectivity index (χ1) is 7.57. The second kappa shape index (κ2) is 4.41. The Labute approximate surface area is 91.9 Å². The summed E-state index contributed by atoms with van der Waals surface area (Å²) >= 11 is 0. The van der Waals surface area contributed by atoms with Crippen molar-refractivity contribution in [3.63, 3.8) is 0 Å². The number of hydrogen-bond acceptors (Lipinski definition) is 2. The maximum atomic E-state index is 12.3. The lowest BCUT2D eigenvalue weighted by molar-refractivity contribution is -0.141. The van der Waals surface area contributed by atoms with Gasteiger partial charge in [0.1, 0.15) is 5.69 Å². The molecule has 0 saturated carbocycles. The third-order valence-electron chi connectivity index (χ3n) is 2.89. The second-order valence-electron chi connectivity index (χ2n) is 4.00. The molecule has 88 valence electrons. The van der Waals surface area contributed by atoms with Crippen LogP contribution in [0.3, 0.4) is 0 Å². The van der Waals surface area contributed by atoms with Gasteiger partial charge in [0.25, 0.3) is 0 Å². The van der Waals surface area contributed by atoms with Crippen LogP contribution < -0.4 is 5.32 Å². The Kier molecular flexibility index (Phi) is 3.14. The van der Waals surface area contributed by atoms with Gasteiger partial charge in [0.2, 0.25) is 0 Å². The van der Waals surface area contributed by atoms with Crippen LogP contribution in [0.2, 0.25) is 0 Å². The van der Waals surface area contributed by atoms with Crippen molar-refractivity contribution in [1.29, 1.82) is 0 Å². The molecule has 0 amide bonds. The standard InChI is InChI=1S/C11H13F3N2/c12-11(13,14)10-2-1-9(7-16-10)8-3-5-15-6-4-8/h1-2,7-8,15H,3-6H2. The molecular formula is C11H13F3N2. The van der Waals surface area contributed by atoms with Gasteiger partial charge in [-0.15, -0.1) is 0 Å². The number of alkyl halides is 3. The van der Waals surface area contributed by atoms with E-state index in [0.717, 1.165) is 37.6 Å². The van der Waals surface area contributed by atoms with Crippen LogP contribution in [0, 0.1) is 0 Å². The lowest BCUT2D eigenvalue weighted by atomic mass is 9.91. The molecule has 1 aromatic heterocycles. The zero-order valence-electron chi connectivity index (χ0n) is 8.72. The highest BCUT2D eigenvalue weighted by molar-refractivity contribution is 5.20.